The Balaban J connectivity index is 1.91. The van der Waals surface area contributed by atoms with Crippen molar-refractivity contribution in [2.45, 2.75) is 52.0 Å². The summed E-state index contributed by atoms with van der Waals surface area (Å²) < 4.78 is 0. The van der Waals surface area contributed by atoms with Gasteiger partial charge < -0.3 is 9.80 Å². The van der Waals surface area contributed by atoms with Crippen LogP contribution in [-0.4, -0.2) is 47.1 Å². The number of carbonyl (C=O) groups excluding carboxylic acids is 2. The van der Waals surface area contributed by atoms with E-state index in [4.69, 9.17) is 11.6 Å². The number of benzene rings is 1. The van der Waals surface area contributed by atoms with Crippen molar-refractivity contribution < 1.29 is 9.59 Å². The van der Waals surface area contributed by atoms with Gasteiger partial charge in [0.1, 0.15) is 5.88 Å². The first-order chi connectivity index (χ1) is 14.3. The Morgan fingerprint density at radius 3 is 2.50 bits per heavy atom. The predicted octanol–water partition coefficient (Wildman–Crippen LogP) is 5.00. The lowest BCUT2D eigenvalue weighted by Gasteiger charge is -2.37. The number of halogens is 1. The quantitative estimate of drug-likeness (QED) is 0.586. The molecule has 1 unspecified atom stereocenters. The van der Waals surface area contributed by atoms with Crippen LogP contribution in [0.15, 0.2) is 35.7 Å². The second kappa shape index (κ2) is 9.52. The van der Waals surface area contributed by atoms with Crippen LogP contribution in [-0.2, 0) is 21.4 Å². The van der Waals surface area contributed by atoms with Crippen molar-refractivity contribution in [3.05, 3.63) is 57.3 Å². The van der Waals surface area contributed by atoms with Crippen LogP contribution in [0, 0.1) is 0 Å². The van der Waals surface area contributed by atoms with Crippen LogP contribution in [0.1, 0.15) is 61.7 Å². The number of thiophene rings is 1. The lowest BCUT2D eigenvalue weighted by Crippen LogP contribution is -2.47. The van der Waals surface area contributed by atoms with E-state index in [-0.39, 0.29) is 35.7 Å². The van der Waals surface area contributed by atoms with Gasteiger partial charge in [-0.2, -0.15) is 0 Å². The molecule has 1 aromatic heterocycles. The average molecular weight is 447 g/mol. The van der Waals surface area contributed by atoms with Gasteiger partial charge in [0.15, 0.2) is 0 Å². The van der Waals surface area contributed by atoms with Gasteiger partial charge in [0.2, 0.25) is 11.8 Å². The maximum absolute atomic E-state index is 13.3. The number of nitrogens with zero attached hydrogens (tertiary/aromatic N) is 2. The number of carbonyl (C=O) groups is 2. The Labute approximate surface area is 188 Å². The molecule has 0 fully saturated rings. The minimum absolute atomic E-state index is 0.0244. The fourth-order valence-electron chi connectivity index (χ4n) is 4.01. The molecule has 3 rings (SSSR count). The van der Waals surface area contributed by atoms with Crippen molar-refractivity contribution in [3.8, 4) is 0 Å². The van der Waals surface area contributed by atoms with Crippen molar-refractivity contribution in [2.24, 2.45) is 0 Å². The van der Waals surface area contributed by atoms with Gasteiger partial charge in [-0.3, -0.25) is 9.59 Å². The summed E-state index contributed by atoms with van der Waals surface area (Å²) in [6, 6.07) is 10.6. The topological polar surface area (TPSA) is 40.6 Å². The van der Waals surface area contributed by atoms with Crippen LogP contribution in [0.3, 0.4) is 0 Å². The summed E-state index contributed by atoms with van der Waals surface area (Å²) in [4.78, 5) is 30.4. The Bertz CT molecular complexity index is 885. The van der Waals surface area contributed by atoms with Crippen LogP contribution in [0.2, 0.25) is 0 Å². The SMILES string of the molecule is CCCN(CC(=O)N1CCc2sccc2C1c1ccc(C(C)(C)C)cc1)C(=O)CCl. The van der Waals surface area contributed by atoms with E-state index >= 15 is 0 Å². The number of fused-ring (bicyclic) bond motifs is 1. The van der Waals surface area contributed by atoms with E-state index in [9.17, 15) is 9.59 Å². The van der Waals surface area contributed by atoms with Crippen molar-refractivity contribution >= 4 is 34.8 Å². The molecule has 0 spiro atoms. The van der Waals surface area contributed by atoms with Crippen molar-refractivity contribution in [3.63, 3.8) is 0 Å². The molecule has 2 aromatic rings. The highest BCUT2D eigenvalue weighted by Crippen LogP contribution is 2.38. The fourth-order valence-corrected chi connectivity index (χ4v) is 5.08. The molecule has 0 radical (unpaired) electrons. The molecule has 162 valence electrons. The molecule has 1 aliphatic rings. The minimum Gasteiger partial charge on any atom is -0.332 e. The standard InChI is InChI=1S/C24H31ClN2O2S/c1-5-12-26(21(28)15-25)16-22(29)27-13-10-20-19(11-14-30-20)23(27)17-6-8-18(9-7-17)24(2,3)4/h6-9,11,14,23H,5,10,12-13,15-16H2,1-4H3. The maximum Gasteiger partial charge on any atom is 0.242 e. The zero-order valence-electron chi connectivity index (χ0n) is 18.3. The number of rotatable bonds is 6. The molecule has 0 aliphatic carbocycles. The zero-order chi connectivity index (χ0) is 21.9. The average Bonchev–Trinajstić information content (AvgIpc) is 3.20. The van der Waals surface area contributed by atoms with Gasteiger partial charge >= 0.3 is 0 Å². The van der Waals surface area contributed by atoms with Crippen LogP contribution in [0.25, 0.3) is 0 Å². The largest absolute Gasteiger partial charge is 0.332 e. The highest BCUT2D eigenvalue weighted by molar-refractivity contribution is 7.10. The molecule has 0 saturated heterocycles. The minimum atomic E-state index is -0.189. The normalized spacial score (nSPS) is 16.3. The number of alkyl halides is 1. The molecule has 0 bridgehead atoms. The highest BCUT2D eigenvalue weighted by Gasteiger charge is 2.34. The lowest BCUT2D eigenvalue weighted by atomic mass is 9.85. The Morgan fingerprint density at radius 2 is 1.90 bits per heavy atom. The Morgan fingerprint density at radius 1 is 1.20 bits per heavy atom. The molecule has 0 N–H and O–H groups in total. The van der Waals surface area contributed by atoms with E-state index in [1.54, 1.807) is 16.2 Å². The van der Waals surface area contributed by atoms with E-state index in [1.165, 1.54) is 16.0 Å². The van der Waals surface area contributed by atoms with Crippen molar-refractivity contribution in [2.75, 3.05) is 25.5 Å². The van der Waals surface area contributed by atoms with Crippen molar-refractivity contribution in [1.29, 1.82) is 0 Å². The predicted molar refractivity (Wildman–Crippen MR) is 124 cm³/mol. The summed E-state index contributed by atoms with van der Waals surface area (Å²) in [6.45, 7) is 9.88. The number of hydrogen-bond acceptors (Lipinski definition) is 3. The molecule has 2 heterocycles. The third kappa shape index (κ3) is 4.89. The van der Waals surface area contributed by atoms with Crippen LogP contribution in [0.4, 0.5) is 0 Å². The second-order valence-electron chi connectivity index (χ2n) is 8.86. The highest BCUT2D eigenvalue weighted by atomic mass is 35.5. The van der Waals surface area contributed by atoms with E-state index in [0.717, 1.165) is 18.4 Å². The molecule has 6 heteroatoms. The molecule has 0 saturated carbocycles. The van der Waals surface area contributed by atoms with E-state index < -0.39 is 0 Å². The van der Waals surface area contributed by atoms with Crippen LogP contribution >= 0.6 is 22.9 Å². The van der Waals surface area contributed by atoms with E-state index in [0.29, 0.717) is 13.1 Å². The molecule has 2 amide bonds. The van der Waals surface area contributed by atoms with Crippen LogP contribution < -0.4 is 0 Å². The molecular weight excluding hydrogens is 416 g/mol. The summed E-state index contributed by atoms with van der Waals surface area (Å²) in [5, 5.41) is 2.11. The molecule has 4 nitrogen and oxygen atoms in total. The summed E-state index contributed by atoms with van der Waals surface area (Å²) >= 11 is 7.52. The Hall–Kier alpha value is -1.85. The first-order valence-corrected chi connectivity index (χ1v) is 12.0. The smallest absolute Gasteiger partial charge is 0.242 e. The van der Waals surface area contributed by atoms with Gasteiger partial charge in [0.05, 0.1) is 12.6 Å². The third-order valence-corrected chi connectivity index (χ3v) is 6.89. The third-order valence-electron chi connectivity index (χ3n) is 5.67. The van der Waals surface area contributed by atoms with Gasteiger partial charge in [-0.1, -0.05) is 52.0 Å². The van der Waals surface area contributed by atoms with Gasteiger partial charge in [-0.05, 0) is 46.4 Å². The second-order valence-corrected chi connectivity index (χ2v) is 10.1. The first-order valence-electron chi connectivity index (χ1n) is 10.6. The summed E-state index contributed by atoms with van der Waals surface area (Å²) in [5.74, 6) is -0.311. The molecular formula is C24H31ClN2O2S. The van der Waals surface area contributed by atoms with Crippen molar-refractivity contribution in [1.82, 2.24) is 9.80 Å². The molecule has 1 aromatic carbocycles. The molecule has 1 aliphatic heterocycles. The van der Waals surface area contributed by atoms with Gasteiger partial charge in [-0.15, -0.1) is 22.9 Å². The van der Waals surface area contributed by atoms with Gasteiger partial charge in [-0.25, -0.2) is 0 Å². The first kappa shape index (κ1) is 22.8. The number of hydrogen-bond donors (Lipinski definition) is 0. The van der Waals surface area contributed by atoms with Crippen LogP contribution in [0.5, 0.6) is 0 Å². The van der Waals surface area contributed by atoms with E-state index in [2.05, 4.69) is 56.5 Å². The number of amides is 2. The summed E-state index contributed by atoms with van der Waals surface area (Å²) in [6.07, 6.45) is 1.65. The Kier molecular flexibility index (Phi) is 7.25. The lowest BCUT2D eigenvalue weighted by molar-refractivity contribution is -0.140. The maximum atomic E-state index is 13.3. The molecule has 30 heavy (non-hydrogen) atoms. The summed E-state index contributed by atoms with van der Waals surface area (Å²) in [7, 11) is 0. The van der Waals surface area contributed by atoms with Gasteiger partial charge in [0, 0.05) is 18.0 Å². The van der Waals surface area contributed by atoms with E-state index in [1.807, 2.05) is 11.8 Å². The fraction of sp³-hybridized carbons (Fsp3) is 0.500. The van der Waals surface area contributed by atoms with Gasteiger partial charge in [0.25, 0.3) is 0 Å². The zero-order valence-corrected chi connectivity index (χ0v) is 19.9. The summed E-state index contributed by atoms with van der Waals surface area (Å²) in [5.41, 5.74) is 3.67. The monoisotopic (exact) mass is 446 g/mol. The molecule has 1 atom stereocenters.